The lowest BCUT2D eigenvalue weighted by molar-refractivity contribution is -0.118. The first-order chi connectivity index (χ1) is 13.1. The number of carbonyl (C=O) groups excluding carboxylic acids is 2. The number of nitrogens with one attached hydrogen (secondary N) is 2. The number of phenols is 1. The monoisotopic (exact) mass is 360 g/mol. The minimum Gasteiger partial charge on any atom is -0.508 e. The minimum atomic E-state index is -0.762. The van der Waals surface area contributed by atoms with E-state index < -0.39 is 6.04 Å². The summed E-state index contributed by atoms with van der Waals surface area (Å²) in [6, 6.07) is 23.8. The molecule has 3 rings (SSSR count). The summed E-state index contributed by atoms with van der Waals surface area (Å²) in [5, 5.41) is 15.1. The quantitative estimate of drug-likeness (QED) is 0.631. The van der Waals surface area contributed by atoms with E-state index in [1.807, 2.05) is 36.4 Å². The molecule has 136 valence electrons. The van der Waals surface area contributed by atoms with Crippen molar-refractivity contribution in [3.05, 3.63) is 96.1 Å². The van der Waals surface area contributed by atoms with Crippen molar-refractivity contribution in [1.29, 1.82) is 0 Å². The van der Waals surface area contributed by atoms with Crippen molar-refractivity contribution in [2.75, 3.05) is 5.32 Å². The summed E-state index contributed by atoms with van der Waals surface area (Å²) in [7, 11) is 0. The lowest BCUT2D eigenvalue weighted by Crippen LogP contribution is -2.45. The third-order valence-electron chi connectivity index (χ3n) is 4.05. The fourth-order valence-corrected chi connectivity index (χ4v) is 2.70. The van der Waals surface area contributed by atoms with Gasteiger partial charge < -0.3 is 15.7 Å². The van der Waals surface area contributed by atoms with Crippen molar-refractivity contribution in [3.8, 4) is 5.75 Å². The molecule has 5 heteroatoms. The Balaban J connectivity index is 1.78. The predicted molar refractivity (Wildman–Crippen MR) is 105 cm³/mol. The molecule has 5 nitrogen and oxygen atoms in total. The Morgan fingerprint density at radius 1 is 0.852 bits per heavy atom. The van der Waals surface area contributed by atoms with Crippen LogP contribution in [0.4, 0.5) is 5.69 Å². The van der Waals surface area contributed by atoms with Crippen LogP contribution in [0.2, 0.25) is 0 Å². The number of hydrogen-bond acceptors (Lipinski definition) is 3. The highest BCUT2D eigenvalue weighted by molar-refractivity contribution is 6.01. The van der Waals surface area contributed by atoms with E-state index in [4.69, 9.17) is 0 Å². The molecule has 0 aliphatic rings. The molecule has 0 saturated heterocycles. The maximum absolute atomic E-state index is 12.8. The molecule has 0 bridgehead atoms. The number of amides is 2. The van der Waals surface area contributed by atoms with Gasteiger partial charge in [-0.25, -0.2) is 0 Å². The molecule has 3 aromatic carbocycles. The van der Waals surface area contributed by atoms with Crippen LogP contribution >= 0.6 is 0 Å². The maximum Gasteiger partial charge on any atom is 0.251 e. The molecule has 0 aliphatic heterocycles. The van der Waals surface area contributed by atoms with Gasteiger partial charge in [0.15, 0.2) is 0 Å². The van der Waals surface area contributed by atoms with Crippen LogP contribution in [0.25, 0.3) is 0 Å². The number of aromatic hydroxyl groups is 1. The van der Waals surface area contributed by atoms with Gasteiger partial charge in [-0.3, -0.25) is 9.59 Å². The van der Waals surface area contributed by atoms with Crippen LogP contribution in [0.1, 0.15) is 15.9 Å². The van der Waals surface area contributed by atoms with Crippen LogP contribution in [-0.2, 0) is 11.2 Å². The predicted octanol–water partition coefficient (Wildman–Crippen LogP) is 3.37. The van der Waals surface area contributed by atoms with Crippen molar-refractivity contribution in [2.24, 2.45) is 0 Å². The third-order valence-corrected chi connectivity index (χ3v) is 4.05. The van der Waals surface area contributed by atoms with Gasteiger partial charge in [-0.05, 0) is 29.8 Å². The first-order valence-corrected chi connectivity index (χ1v) is 8.61. The first-order valence-electron chi connectivity index (χ1n) is 8.61. The molecule has 3 aromatic rings. The van der Waals surface area contributed by atoms with Crippen molar-refractivity contribution in [3.63, 3.8) is 0 Å². The molecular formula is C22H20N2O3. The van der Waals surface area contributed by atoms with Crippen LogP contribution < -0.4 is 10.6 Å². The Hall–Kier alpha value is -3.60. The summed E-state index contributed by atoms with van der Waals surface area (Å²) in [5.41, 5.74) is 1.88. The highest BCUT2D eigenvalue weighted by Gasteiger charge is 2.22. The molecule has 0 saturated carbocycles. The average Bonchev–Trinajstić information content (AvgIpc) is 2.69. The molecule has 0 aliphatic carbocycles. The second-order valence-corrected chi connectivity index (χ2v) is 6.12. The molecule has 2 amide bonds. The van der Waals surface area contributed by atoms with E-state index in [2.05, 4.69) is 10.6 Å². The smallest absolute Gasteiger partial charge is 0.251 e. The van der Waals surface area contributed by atoms with E-state index in [1.54, 1.807) is 36.4 Å². The topological polar surface area (TPSA) is 78.4 Å². The first kappa shape index (κ1) is 18.2. The van der Waals surface area contributed by atoms with Crippen LogP contribution in [0.15, 0.2) is 84.9 Å². The summed E-state index contributed by atoms with van der Waals surface area (Å²) in [6.07, 6.45) is 0.351. The van der Waals surface area contributed by atoms with Gasteiger partial charge in [-0.2, -0.15) is 0 Å². The number of phenolic OH excluding ortho intramolecular Hbond substituents is 1. The van der Waals surface area contributed by atoms with E-state index in [1.165, 1.54) is 12.1 Å². The van der Waals surface area contributed by atoms with Gasteiger partial charge in [0, 0.05) is 23.7 Å². The Kier molecular flexibility index (Phi) is 5.84. The van der Waals surface area contributed by atoms with Crippen molar-refractivity contribution >= 4 is 17.5 Å². The normalized spacial score (nSPS) is 11.4. The molecule has 0 heterocycles. The number of hydrogen-bond donors (Lipinski definition) is 3. The van der Waals surface area contributed by atoms with Gasteiger partial charge in [0.25, 0.3) is 5.91 Å². The zero-order valence-electron chi connectivity index (χ0n) is 14.6. The van der Waals surface area contributed by atoms with E-state index in [9.17, 15) is 14.7 Å². The van der Waals surface area contributed by atoms with Gasteiger partial charge in [0.2, 0.25) is 5.91 Å². The van der Waals surface area contributed by atoms with Crippen LogP contribution in [0, 0.1) is 0 Å². The fourth-order valence-electron chi connectivity index (χ4n) is 2.70. The SMILES string of the molecule is O=C(NC(Cc1ccccc1)C(=O)Nc1cccc(O)c1)c1ccccc1. The van der Waals surface area contributed by atoms with Crippen molar-refractivity contribution in [1.82, 2.24) is 5.32 Å². The fraction of sp³-hybridized carbons (Fsp3) is 0.0909. The van der Waals surface area contributed by atoms with Crippen LogP contribution in [0.5, 0.6) is 5.75 Å². The van der Waals surface area contributed by atoms with E-state index in [-0.39, 0.29) is 17.6 Å². The second-order valence-electron chi connectivity index (χ2n) is 6.12. The highest BCUT2D eigenvalue weighted by atomic mass is 16.3. The molecule has 0 aromatic heterocycles. The number of rotatable bonds is 6. The molecule has 1 atom stereocenters. The van der Waals surface area contributed by atoms with Crippen LogP contribution in [-0.4, -0.2) is 23.0 Å². The number of benzene rings is 3. The maximum atomic E-state index is 12.8. The van der Waals surface area contributed by atoms with E-state index in [0.29, 0.717) is 17.7 Å². The van der Waals surface area contributed by atoms with Crippen molar-refractivity contribution in [2.45, 2.75) is 12.5 Å². The molecular weight excluding hydrogens is 340 g/mol. The van der Waals surface area contributed by atoms with Gasteiger partial charge in [0.05, 0.1) is 0 Å². The van der Waals surface area contributed by atoms with Crippen LogP contribution in [0.3, 0.4) is 0 Å². The Morgan fingerprint density at radius 3 is 2.19 bits per heavy atom. The lowest BCUT2D eigenvalue weighted by atomic mass is 10.0. The summed E-state index contributed by atoms with van der Waals surface area (Å²) in [4.78, 5) is 25.3. The standard InChI is InChI=1S/C22H20N2O3/c25-19-13-7-12-18(15-19)23-22(27)20(14-16-8-3-1-4-9-16)24-21(26)17-10-5-2-6-11-17/h1-13,15,20,25H,14H2,(H,23,27)(H,24,26). The molecule has 0 fully saturated rings. The molecule has 0 spiro atoms. The summed E-state index contributed by atoms with van der Waals surface area (Å²) in [6.45, 7) is 0. The number of anilines is 1. The Morgan fingerprint density at radius 2 is 1.52 bits per heavy atom. The average molecular weight is 360 g/mol. The van der Waals surface area contributed by atoms with E-state index in [0.717, 1.165) is 5.56 Å². The molecule has 0 radical (unpaired) electrons. The molecule has 3 N–H and O–H groups in total. The van der Waals surface area contributed by atoms with Gasteiger partial charge in [-0.1, -0.05) is 54.6 Å². The summed E-state index contributed by atoms with van der Waals surface area (Å²) >= 11 is 0. The molecule has 27 heavy (non-hydrogen) atoms. The zero-order valence-corrected chi connectivity index (χ0v) is 14.6. The highest BCUT2D eigenvalue weighted by Crippen LogP contribution is 2.16. The summed E-state index contributed by atoms with van der Waals surface area (Å²) < 4.78 is 0. The van der Waals surface area contributed by atoms with E-state index >= 15 is 0 Å². The second kappa shape index (κ2) is 8.67. The number of carbonyl (C=O) groups is 2. The zero-order chi connectivity index (χ0) is 19.1. The van der Waals surface area contributed by atoms with Gasteiger partial charge in [-0.15, -0.1) is 0 Å². The third kappa shape index (κ3) is 5.19. The van der Waals surface area contributed by atoms with Crippen molar-refractivity contribution < 1.29 is 14.7 Å². The minimum absolute atomic E-state index is 0.0562. The Bertz CT molecular complexity index is 911. The Labute approximate surface area is 157 Å². The molecule has 1 unspecified atom stereocenters. The van der Waals surface area contributed by atoms with Gasteiger partial charge >= 0.3 is 0 Å². The lowest BCUT2D eigenvalue weighted by Gasteiger charge is -2.19. The largest absolute Gasteiger partial charge is 0.508 e. The summed E-state index contributed by atoms with van der Waals surface area (Å²) in [5.74, 6) is -0.614. The van der Waals surface area contributed by atoms with Gasteiger partial charge in [0.1, 0.15) is 11.8 Å².